The molecule has 0 saturated heterocycles. The Labute approximate surface area is 110 Å². The molecule has 1 rings (SSSR count). The Morgan fingerprint density at radius 1 is 1.50 bits per heavy atom. The second-order valence-electron chi connectivity index (χ2n) is 3.41. The van der Waals surface area contributed by atoms with Gasteiger partial charge in [-0.2, -0.15) is 0 Å². The first-order chi connectivity index (χ1) is 8.54. The van der Waals surface area contributed by atoms with E-state index in [2.05, 4.69) is 10.6 Å². The number of carboxylic acid groups (broad SMARTS) is 1. The molecule has 0 aliphatic carbocycles. The molecule has 0 radical (unpaired) electrons. The van der Waals surface area contributed by atoms with Gasteiger partial charge in [-0.15, -0.1) is 0 Å². The van der Waals surface area contributed by atoms with Crippen molar-refractivity contribution in [2.45, 2.75) is 0 Å². The van der Waals surface area contributed by atoms with Crippen LogP contribution >= 0.6 is 12.2 Å². The van der Waals surface area contributed by atoms with Crippen molar-refractivity contribution in [2.75, 3.05) is 25.6 Å². The molecule has 0 amide bonds. The summed E-state index contributed by atoms with van der Waals surface area (Å²) in [6.45, 7) is 1.06. The molecule has 18 heavy (non-hydrogen) atoms. The lowest BCUT2D eigenvalue weighted by atomic mass is 10.2. The molecule has 0 atom stereocenters. The van der Waals surface area contributed by atoms with Crippen LogP contribution in [-0.4, -0.2) is 41.6 Å². The number of methoxy groups -OCH3 is 1. The molecule has 0 aliphatic rings. The summed E-state index contributed by atoms with van der Waals surface area (Å²) in [5.41, 5.74) is 0.305. The quantitative estimate of drug-likeness (QED) is 0.361. The molecule has 4 N–H and O–H groups in total. The highest BCUT2D eigenvalue weighted by molar-refractivity contribution is 7.80. The van der Waals surface area contributed by atoms with E-state index < -0.39 is 5.97 Å². The molecule has 0 bridgehead atoms. The Kier molecular flexibility index (Phi) is 5.34. The first kappa shape index (κ1) is 14.2. The van der Waals surface area contributed by atoms with Crippen LogP contribution in [0.1, 0.15) is 10.4 Å². The Balaban J connectivity index is 2.65. The summed E-state index contributed by atoms with van der Waals surface area (Å²) >= 11 is 5.00. The van der Waals surface area contributed by atoms with Crippen molar-refractivity contribution < 1.29 is 19.7 Å². The van der Waals surface area contributed by atoms with Gasteiger partial charge < -0.3 is 25.6 Å². The van der Waals surface area contributed by atoms with Crippen LogP contribution in [0.25, 0.3) is 0 Å². The molecule has 0 heterocycles. The van der Waals surface area contributed by atoms with Crippen molar-refractivity contribution in [3.05, 3.63) is 23.8 Å². The number of carboxylic acids is 1. The maximum absolute atomic E-state index is 10.8. The highest BCUT2D eigenvalue weighted by atomic mass is 32.1. The topological polar surface area (TPSA) is 90.8 Å². The Morgan fingerprint density at radius 2 is 2.22 bits per heavy atom. The molecular weight excluding hydrogens is 256 g/mol. The van der Waals surface area contributed by atoms with E-state index in [4.69, 9.17) is 22.1 Å². The molecule has 98 valence electrons. The predicted octanol–water partition coefficient (Wildman–Crippen LogP) is 1.02. The Hall–Kier alpha value is -1.86. The molecule has 0 aliphatic heterocycles. The summed E-state index contributed by atoms with van der Waals surface area (Å²) in [5.74, 6) is -1.49. The molecule has 1 aromatic rings. The maximum atomic E-state index is 10.8. The van der Waals surface area contributed by atoms with Gasteiger partial charge in [-0.05, 0) is 30.4 Å². The molecule has 0 spiro atoms. The highest BCUT2D eigenvalue weighted by Gasteiger charge is 2.10. The van der Waals surface area contributed by atoms with Crippen molar-refractivity contribution in [1.82, 2.24) is 5.32 Å². The number of hydrogen-bond acceptors (Lipinski definition) is 4. The molecule has 6 nitrogen and oxygen atoms in total. The van der Waals surface area contributed by atoms with Gasteiger partial charge in [0.25, 0.3) is 0 Å². The molecule has 0 fully saturated rings. The molecule has 7 heteroatoms. The number of benzene rings is 1. The predicted molar refractivity (Wildman–Crippen MR) is 71.2 cm³/mol. The fraction of sp³-hybridized carbons (Fsp3) is 0.273. The standard InChI is InChI=1S/C11H14N2O4S/c1-17-5-4-12-11(18)13-7-2-3-9(14)8(6-7)10(15)16/h2-3,6,14H,4-5H2,1H3,(H,15,16)(H2,12,13,18). The number of anilines is 1. The summed E-state index contributed by atoms with van der Waals surface area (Å²) in [6, 6.07) is 4.14. The van der Waals surface area contributed by atoms with Gasteiger partial charge in [-0.3, -0.25) is 0 Å². The van der Waals surface area contributed by atoms with E-state index >= 15 is 0 Å². The second kappa shape index (κ2) is 6.77. The van der Waals surface area contributed by atoms with Crippen molar-refractivity contribution in [3.63, 3.8) is 0 Å². The summed E-state index contributed by atoms with van der Waals surface area (Å²) in [6.07, 6.45) is 0. The zero-order valence-electron chi connectivity index (χ0n) is 9.77. The van der Waals surface area contributed by atoms with Gasteiger partial charge in [0.1, 0.15) is 11.3 Å². The first-order valence-electron chi connectivity index (χ1n) is 5.14. The summed E-state index contributed by atoms with van der Waals surface area (Å²) in [5, 5.41) is 24.2. The minimum absolute atomic E-state index is 0.181. The van der Waals surface area contributed by atoms with Crippen LogP contribution in [0.4, 0.5) is 5.69 Å². The zero-order valence-corrected chi connectivity index (χ0v) is 10.6. The number of aromatic carboxylic acids is 1. The van der Waals surface area contributed by atoms with Crippen LogP contribution in [0, 0.1) is 0 Å². The van der Waals surface area contributed by atoms with Gasteiger partial charge in [0.2, 0.25) is 0 Å². The maximum Gasteiger partial charge on any atom is 0.339 e. The van der Waals surface area contributed by atoms with E-state index in [-0.39, 0.29) is 11.3 Å². The van der Waals surface area contributed by atoms with E-state index in [0.29, 0.717) is 24.0 Å². The van der Waals surface area contributed by atoms with Crippen molar-refractivity contribution in [1.29, 1.82) is 0 Å². The van der Waals surface area contributed by atoms with Gasteiger partial charge >= 0.3 is 5.97 Å². The van der Waals surface area contributed by atoms with E-state index in [1.807, 2.05) is 0 Å². The van der Waals surface area contributed by atoms with E-state index in [0.717, 1.165) is 0 Å². The largest absolute Gasteiger partial charge is 0.507 e. The van der Waals surface area contributed by atoms with Crippen molar-refractivity contribution >= 4 is 29.0 Å². The van der Waals surface area contributed by atoms with Crippen LogP contribution in [-0.2, 0) is 4.74 Å². The lowest BCUT2D eigenvalue weighted by molar-refractivity contribution is 0.0694. The monoisotopic (exact) mass is 270 g/mol. The summed E-state index contributed by atoms with van der Waals surface area (Å²) in [4.78, 5) is 10.8. The van der Waals surface area contributed by atoms with E-state index in [1.54, 1.807) is 7.11 Å². The van der Waals surface area contributed by atoms with Gasteiger partial charge in [0, 0.05) is 19.3 Å². The first-order valence-corrected chi connectivity index (χ1v) is 5.55. The highest BCUT2D eigenvalue weighted by Crippen LogP contribution is 2.21. The number of hydrogen-bond donors (Lipinski definition) is 4. The molecule has 0 aromatic heterocycles. The third-order valence-corrected chi connectivity index (χ3v) is 2.32. The average Bonchev–Trinajstić information content (AvgIpc) is 2.31. The fourth-order valence-corrected chi connectivity index (χ4v) is 1.45. The van der Waals surface area contributed by atoms with Crippen LogP contribution in [0.2, 0.25) is 0 Å². The minimum atomic E-state index is -1.20. The summed E-state index contributed by atoms with van der Waals surface area (Å²) < 4.78 is 4.85. The third kappa shape index (κ3) is 4.19. The lowest BCUT2D eigenvalue weighted by Gasteiger charge is -2.11. The fourth-order valence-electron chi connectivity index (χ4n) is 1.23. The number of phenols is 1. The smallest absolute Gasteiger partial charge is 0.339 e. The number of nitrogens with one attached hydrogen (secondary N) is 2. The molecule has 0 unspecified atom stereocenters. The number of carbonyl (C=O) groups is 1. The van der Waals surface area contributed by atoms with Crippen molar-refractivity contribution in [2.24, 2.45) is 0 Å². The van der Waals surface area contributed by atoms with Gasteiger partial charge in [-0.1, -0.05) is 0 Å². The molecule has 1 aromatic carbocycles. The molecule has 0 saturated carbocycles. The zero-order chi connectivity index (χ0) is 13.5. The number of thiocarbonyl (C=S) groups is 1. The number of ether oxygens (including phenoxy) is 1. The minimum Gasteiger partial charge on any atom is -0.507 e. The number of rotatable bonds is 5. The van der Waals surface area contributed by atoms with Crippen LogP contribution in [0.5, 0.6) is 5.75 Å². The van der Waals surface area contributed by atoms with Crippen LogP contribution in [0.15, 0.2) is 18.2 Å². The third-order valence-electron chi connectivity index (χ3n) is 2.08. The van der Waals surface area contributed by atoms with Gasteiger partial charge in [-0.25, -0.2) is 4.79 Å². The van der Waals surface area contributed by atoms with Gasteiger partial charge in [0.05, 0.1) is 6.61 Å². The SMILES string of the molecule is COCCNC(=S)Nc1ccc(O)c(C(=O)O)c1. The second-order valence-corrected chi connectivity index (χ2v) is 3.82. The van der Waals surface area contributed by atoms with Crippen LogP contribution in [0.3, 0.4) is 0 Å². The van der Waals surface area contributed by atoms with Gasteiger partial charge in [0.15, 0.2) is 5.11 Å². The lowest BCUT2D eigenvalue weighted by Crippen LogP contribution is -2.31. The number of aromatic hydroxyl groups is 1. The summed E-state index contributed by atoms with van der Waals surface area (Å²) in [7, 11) is 1.58. The average molecular weight is 270 g/mol. The van der Waals surface area contributed by atoms with E-state index in [1.165, 1.54) is 18.2 Å². The van der Waals surface area contributed by atoms with Crippen LogP contribution < -0.4 is 10.6 Å². The van der Waals surface area contributed by atoms with Crippen molar-refractivity contribution in [3.8, 4) is 5.75 Å². The Morgan fingerprint density at radius 3 is 2.83 bits per heavy atom. The van der Waals surface area contributed by atoms with E-state index in [9.17, 15) is 9.90 Å². The Bertz CT molecular complexity index is 451. The molecular formula is C11H14N2O4S. The normalized spacial score (nSPS) is 9.83.